The van der Waals surface area contributed by atoms with Crippen molar-refractivity contribution in [3.05, 3.63) is 38.7 Å². The number of aromatic carboxylic acids is 1. The lowest BCUT2D eigenvalue weighted by Gasteiger charge is -2.06. The number of carboxylic acid groups (broad SMARTS) is 1. The third kappa shape index (κ3) is 3.51. The Morgan fingerprint density at radius 3 is 2.83 bits per heavy atom. The molecule has 0 saturated carbocycles. The van der Waals surface area contributed by atoms with Crippen LogP contribution in [0.3, 0.4) is 0 Å². The monoisotopic (exact) mass is 348 g/mol. The highest BCUT2D eigenvalue weighted by Crippen LogP contribution is 2.26. The number of carboxylic acids is 1. The first-order valence-corrected chi connectivity index (χ1v) is 9.01. The van der Waals surface area contributed by atoms with E-state index < -0.39 is 11.9 Å². The van der Waals surface area contributed by atoms with Crippen LogP contribution in [0, 0.1) is 0 Å². The summed E-state index contributed by atoms with van der Waals surface area (Å²) in [6.45, 7) is 2.24. The molecule has 0 radical (unpaired) electrons. The van der Waals surface area contributed by atoms with Crippen molar-refractivity contribution in [2.24, 2.45) is 0 Å². The summed E-state index contributed by atoms with van der Waals surface area (Å²) >= 11 is 1.73. The average molecular weight is 348 g/mol. The smallest absolute Gasteiger partial charge is 0.339 e. The molecule has 2 aromatic rings. The van der Waals surface area contributed by atoms with Crippen LogP contribution >= 0.6 is 11.3 Å². The molecule has 1 aliphatic carbocycles. The van der Waals surface area contributed by atoms with Gasteiger partial charge in [0.05, 0.1) is 10.7 Å². The van der Waals surface area contributed by atoms with Gasteiger partial charge in [-0.15, -0.1) is 11.3 Å². The highest BCUT2D eigenvalue weighted by Gasteiger charge is 2.20. The average Bonchev–Trinajstić information content (AvgIpc) is 3.18. The topological polar surface area (TPSA) is 92.4 Å². The standard InChI is InChI=1S/C17H20N2O4S/c1-2-12-10(17(21)22)9-13(23-12)16(20)18-8-7-15-19-11-5-3-4-6-14(11)24-15/h9H,2-8H2,1H3,(H,18,20)(H,21,22). The van der Waals surface area contributed by atoms with Gasteiger partial charge >= 0.3 is 5.97 Å². The Balaban J connectivity index is 1.57. The van der Waals surface area contributed by atoms with E-state index in [-0.39, 0.29) is 11.3 Å². The lowest BCUT2D eigenvalue weighted by Crippen LogP contribution is -2.25. The summed E-state index contributed by atoms with van der Waals surface area (Å²) in [5.41, 5.74) is 1.27. The molecule has 2 heterocycles. The van der Waals surface area contributed by atoms with E-state index in [2.05, 4.69) is 10.3 Å². The number of fused-ring (bicyclic) bond motifs is 1. The van der Waals surface area contributed by atoms with Gasteiger partial charge in [-0.3, -0.25) is 4.79 Å². The maximum atomic E-state index is 12.1. The molecule has 6 nitrogen and oxygen atoms in total. The Morgan fingerprint density at radius 2 is 2.17 bits per heavy atom. The number of carbonyl (C=O) groups excluding carboxylic acids is 1. The fourth-order valence-corrected chi connectivity index (χ4v) is 4.02. The van der Waals surface area contributed by atoms with E-state index in [4.69, 9.17) is 9.52 Å². The van der Waals surface area contributed by atoms with E-state index in [0.29, 0.717) is 25.1 Å². The van der Waals surface area contributed by atoms with Crippen molar-refractivity contribution < 1.29 is 19.1 Å². The molecular weight excluding hydrogens is 328 g/mol. The normalized spacial score (nSPS) is 13.5. The zero-order chi connectivity index (χ0) is 17.1. The number of nitrogens with one attached hydrogen (secondary N) is 1. The molecule has 0 spiro atoms. The largest absolute Gasteiger partial charge is 0.478 e. The maximum absolute atomic E-state index is 12.1. The Hall–Kier alpha value is -2.15. The fourth-order valence-electron chi connectivity index (χ4n) is 2.87. The van der Waals surface area contributed by atoms with Crippen LogP contribution in [0.1, 0.15) is 62.0 Å². The van der Waals surface area contributed by atoms with Crippen LogP contribution in [0.25, 0.3) is 0 Å². The molecule has 2 aromatic heterocycles. The highest BCUT2D eigenvalue weighted by molar-refractivity contribution is 7.11. The van der Waals surface area contributed by atoms with E-state index in [1.165, 1.54) is 29.5 Å². The maximum Gasteiger partial charge on any atom is 0.339 e. The van der Waals surface area contributed by atoms with Crippen molar-refractivity contribution in [2.45, 2.75) is 45.4 Å². The zero-order valence-electron chi connectivity index (χ0n) is 13.6. The van der Waals surface area contributed by atoms with Gasteiger partial charge in [0.1, 0.15) is 11.3 Å². The van der Waals surface area contributed by atoms with E-state index in [9.17, 15) is 9.59 Å². The second-order valence-electron chi connectivity index (χ2n) is 5.80. The highest BCUT2D eigenvalue weighted by atomic mass is 32.1. The third-order valence-corrected chi connectivity index (χ3v) is 5.32. The minimum absolute atomic E-state index is 0.0442. The van der Waals surface area contributed by atoms with Crippen LogP contribution in [-0.4, -0.2) is 28.5 Å². The van der Waals surface area contributed by atoms with Gasteiger partial charge in [-0.2, -0.15) is 0 Å². The van der Waals surface area contributed by atoms with Crippen molar-refractivity contribution in [3.63, 3.8) is 0 Å². The molecule has 0 unspecified atom stereocenters. The number of amides is 1. The molecule has 0 saturated heterocycles. The Morgan fingerprint density at radius 1 is 1.38 bits per heavy atom. The molecule has 1 aliphatic rings. The Labute approximate surface area is 143 Å². The van der Waals surface area contributed by atoms with Crippen molar-refractivity contribution in [3.8, 4) is 0 Å². The molecule has 0 aliphatic heterocycles. The van der Waals surface area contributed by atoms with E-state index in [1.807, 2.05) is 0 Å². The Bertz CT molecular complexity index is 739. The summed E-state index contributed by atoms with van der Waals surface area (Å²) in [6, 6.07) is 1.29. The number of aromatic nitrogens is 1. The van der Waals surface area contributed by atoms with Crippen LogP contribution in [0.5, 0.6) is 0 Å². The van der Waals surface area contributed by atoms with Gasteiger partial charge in [0.2, 0.25) is 0 Å². The number of carbonyl (C=O) groups is 2. The van der Waals surface area contributed by atoms with Gasteiger partial charge in [-0.25, -0.2) is 9.78 Å². The minimum Gasteiger partial charge on any atom is -0.478 e. The first-order chi connectivity index (χ1) is 11.6. The van der Waals surface area contributed by atoms with E-state index in [0.717, 1.165) is 17.8 Å². The van der Waals surface area contributed by atoms with Crippen molar-refractivity contribution in [1.29, 1.82) is 0 Å². The molecule has 0 fully saturated rings. The molecule has 0 bridgehead atoms. The lowest BCUT2D eigenvalue weighted by molar-refractivity contribution is 0.0694. The number of aryl methyl sites for hydroxylation is 3. The Kier molecular flexibility index (Phi) is 4.99. The number of rotatable bonds is 6. The molecule has 0 aromatic carbocycles. The summed E-state index contributed by atoms with van der Waals surface area (Å²) in [6.07, 6.45) is 5.72. The van der Waals surface area contributed by atoms with Gasteiger partial charge < -0.3 is 14.8 Å². The van der Waals surface area contributed by atoms with Gasteiger partial charge in [0.15, 0.2) is 5.76 Å². The van der Waals surface area contributed by atoms with Crippen LogP contribution in [0.2, 0.25) is 0 Å². The quantitative estimate of drug-likeness (QED) is 0.837. The van der Waals surface area contributed by atoms with E-state index >= 15 is 0 Å². The van der Waals surface area contributed by atoms with Crippen molar-refractivity contribution in [2.75, 3.05) is 6.54 Å². The van der Waals surface area contributed by atoms with Crippen LogP contribution in [0.4, 0.5) is 0 Å². The summed E-state index contributed by atoms with van der Waals surface area (Å²) < 4.78 is 5.35. The summed E-state index contributed by atoms with van der Waals surface area (Å²) in [5.74, 6) is -1.11. The third-order valence-electron chi connectivity index (χ3n) is 4.10. The molecule has 24 heavy (non-hydrogen) atoms. The van der Waals surface area contributed by atoms with Crippen LogP contribution < -0.4 is 5.32 Å². The zero-order valence-corrected chi connectivity index (χ0v) is 14.4. The molecule has 3 rings (SSSR count). The number of hydrogen-bond acceptors (Lipinski definition) is 5. The van der Waals surface area contributed by atoms with Gasteiger partial charge in [-0.1, -0.05) is 6.92 Å². The second kappa shape index (κ2) is 7.17. The minimum atomic E-state index is -1.08. The van der Waals surface area contributed by atoms with Gasteiger partial charge in [0.25, 0.3) is 5.91 Å². The van der Waals surface area contributed by atoms with Crippen molar-refractivity contribution in [1.82, 2.24) is 10.3 Å². The number of thiazole rings is 1. The number of hydrogen-bond donors (Lipinski definition) is 2. The molecule has 128 valence electrons. The molecule has 2 N–H and O–H groups in total. The SMILES string of the molecule is CCc1oc(C(=O)NCCc2nc3c(s2)CCCC3)cc1C(=O)O. The first kappa shape index (κ1) is 16.7. The second-order valence-corrected chi connectivity index (χ2v) is 6.96. The summed E-state index contributed by atoms with van der Waals surface area (Å²) in [4.78, 5) is 29.3. The molecule has 7 heteroatoms. The lowest BCUT2D eigenvalue weighted by atomic mass is 10.0. The molecule has 0 atom stereocenters. The molecular formula is C17H20N2O4S. The van der Waals surface area contributed by atoms with E-state index in [1.54, 1.807) is 18.3 Å². The van der Waals surface area contributed by atoms with Gasteiger partial charge in [0, 0.05) is 30.3 Å². The number of nitrogens with zero attached hydrogens (tertiary/aromatic N) is 1. The van der Waals surface area contributed by atoms with Crippen LogP contribution in [0.15, 0.2) is 10.5 Å². The predicted molar refractivity (Wildman–Crippen MR) is 89.8 cm³/mol. The van der Waals surface area contributed by atoms with Crippen LogP contribution in [-0.2, 0) is 25.7 Å². The summed E-state index contributed by atoms with van der Waals surface area (Å²) in [7, 11) is 0. The molecule has 1 amide bonds. The van der Waals surface area contributed by atoms with Gasteiger partial charge in [-0.05, 0) is 25.7 Å². The predicted octanol–water partition coefficient (Wildman–Crippen LogP) is 2.85. The van der Waals surface area contributed by atoms with Crippen molar-refractivity contribution >= 4 is 23.2 Å². The number of furan rings is 1. The first-order valence-electron chi connectivity index (χ1n) is 8.20. The summed E-state index contributed by atoms with van der Waals surface area (Å²) in [5, 5.41) is 12.9. The fraction of sp³-hybridized carbons (Fsp3) is 0.471.